The quantitative estimate of drug-likeness (QED) is 0.229. The number of likely N-dealkylation sites (tertiary alicyclic amines) is 1. The number of aliphatic hydroxyl groups excluding tert-OH is 2. The monoisotopic (exact) mass is 746 g/mol. The largest absolute Gasteiger partial charge is 0.507 e. The lowest BCUT2D eigenvalue weighted by Gasteiger charge is -2.32. The van der Waals surface area contributed by atoms with Crippen molar-refractivity contribution < 1.29 is 34.8 Å². The zero-order chi connectivity index (χ0) is 39.8. The minimum atomic E-state index is -0.988. The number of aromatic hydroxyl groups is 2. The number of hydrogen-bond acceptors (Lipinski definition) is 10. The van der Waals surface area contributed by atoms with Crippen molar-refractivity contribution in [2.75, 3.05) is 19.0 Å². The van der Waals surface area contributed by atoms with Crippen LogP contribution in [0.25, 0.3) is 10.8 Å². The summed E-state index contributed by atoms with van der Waals surface area (Å²) in [5.74, 6) is -1.76. The Labute approximate surface area is 319 Å². The predicted octanol–water partition coefficient (Wildman–Crippen LogP) is 6.26. The van der Waals surface area contributed by atoms with E-state index in [-0.39, 0.29) is 93.0 Å². The lowest BCUT2D eigenvalue weighted by Crippen LogP contribution is -2.38. The SMILES string of the molecule is CCOc1c(C)c(O)c2c(O)c3c4c(c2c1C(=O)CCC[C@@H](C)[C@@H](O)[C@H](C)[C@H](O)[C@H](C)C[C@@H](C)/C=C/C=C(/C)C(=O)N3)=N[C@](C)(CC1CCC(C)N1C)N=4. The second-order valence-electron chi connectivity index (χ2n) is 16.7. The molecule has 1 saturated heterocycles. The van der Waals surface area contributed by atoms with E-state index in [0.717, 1.165) is 12.8 Å². The molecule has 1 amide bonds. The fourth-order valence-electron chi connectivity index (χ4n) is 8.80. The Kier molecular flexibility index (Phi) is 12.6. The van der Waals surface area contributed by atoms with Gasteiger partial charge >= 0.3 is 0 Å². The van der Waals surface area contributed by atoms with Crippen molar-refractivity contribution in [3.05, 3.63) is 45.6 Å². The van der Waals surface area contributed by atoms with E-state index in [4.69, 9.17) is 14.7 Å². The van der Waals surface area contributed by atoms with E-state index in [1.165, 1.54) is 0 Å². The van der Waals surface area contributed by atoms with Gasteiger partial charge in [0.2, 0.25) is 0 Å². The van der Waals surface area contributed by atoms with E-state index >= 15 is 0 Å². The van der Waals surface area contributed by atoms with Crippen molar-refractivity contribution in [3.63, 3.8) is 0 Å². The van der Waals surface area contributed by atoms with Crippen molar-refractivity contribution in [1.29, 1.82) is 0 Å². The van der Waals surface area contributed by atoms with Gasteiger partial charge in [-0.25, -0.2) is 0 Å². The second-order valence-corrected chi connectivity index (χ2v) is 16.7. The van der Waals surface area contributed by atoms with E-state index in [1.807, 2.05) is 46.8 Å². The molecule has 0 spiro atoms. The number of carbonyl (C=O) groups is 2. The summed E-state index contributed by atoms with van der Waals surface area (Å²) in [4.78, 5) is 41.0. The van der Waals surface area contributed by atoms with Gasteiger partial charge in [0.25, 0.3) is 5.91 Å². The number of anilines is 1. The van der Waals surface area contributed by atoms with Crippen LogP contribution in [0.15, 0.2) is 33.8 Å². The van der Waals surface area contributed by atoms with Crippen molar-refractivity contribution in [1.82, 2.24) is 4.90 Å². The molecule has 54 heavy (non-hydrogen) atoms. The number of ketones is 1. The number of rotatable bonds is 4. The van der Waals surface area contributed by atoms with Gasteiger partial charge in [-0.3, -0.25) is 19.6 Å². The minimum absolute atomic E-state index is 0.00128. The van der Waals surface area contributed by atoms with Gasteiger partial charge in [-0.15, -0.1) is 0 Å². The molecule has 0 radical (unpaired) electrons. The molecular weight excluding hydrogens is 684 g/mol. The van der Waals surface area contributed by atoms with Crippen LogP contribution in [0.1, 0.15) is 116 Å². The van der Waals surface area contributed by atoms with Crippen molar-refractivity contribution in [2.24, 2.45) is 33.7 Å². The predicted molar refractivity (Wildman–Crippen MR) is 212 cm³/mol. The third-order valence-electron chi connectivity index (χ3n) is 12.3. The molecule has 2 bridgehead atoms. The van der Waals surface area contributed by atoms with Crippen LogP contribution in [0.2, 0.25) is 0 Å². The van der Waals surface area contributed by atoms with Crippen molar-refractivity contribution >= 4 is 28.2 Å². The Morgan fingerprint density at radius 2 is 1.61 bits per heavy atom. The highest BCUT2D eigenvalue weighted by molar-refractivity contribution is 6.16. The number of aliphatic hydroxyl groups is 2. The number of hydrogen-bond donors (Lipinski definition) is 5. The van der Waals surface area contributed by atoms with Crippen LogP contribution >= 0.6 is 0 Å². The summed E-state index contributed by atoms with van der Waals surface area (Å²) in [6, 6.07) is 0.603. The number of benzene rings is 2. The molecule has 11 heteroatoms. The molecule has 2 aromatic rings. The summed E-state index contributed by atoms with van der Waals surface area (Å²) >= 11 is 0. The molecule has 2 unspecified atom stereocenters. The summed E-state index contributed by atoms with van der Waals surface area (Å²) in [6.07, 6.45) is 8.35. The molecule has 0 aliphatic carbocycles. The molecule has 9 atom stereocenters. The van der Waals surface area contributed by atoms with Crippen LogP contribution in [-0.4, -0.2) is 80.6 Å². The van der Waals surface area contributed by atoms with E-state index < -0.39 is 29.5 Å². The Balaban J connectivity index is 1.75. The number of amides is 1. The molecule has 3 aliphatic rings. The number of phenols is 2. The lowest BCUT2D eigenvalue weighted by molar-refractivity contribution is -0.112. The Hall–Kier alpha value is -3.80. The van der Waals surface area contributed by atoms with Crippen LogP contribution in [0, 0.1) is 30.6 Å². The van der Waals surface area contributed by atoms with E-state index in [0.29, 0.717) is 42.7 Å². The van der Waals surface area contributed by atoms with E-state index in [1.54, 1.807) is 26.8 Å². The van der Waals surface area contributed by atoms with Crippen LogP contribution < -0.4 is 20.8 Å². The molecule has 5 N–H and O–H groups in total. The molecule has 0 aromatic heterocycles. The third kappa shape index (κ3) is 8.09. The summed E-state index contributed by atoms with van der Waals surface area (Å²) in [7, 11) is 2.10. The Morgan fingerprint density at radius 1 is 0.944 bits per heavy atom. The van der Waals surface area contributed by atoms with Crippen LogP contribution in [-0.2, 0) is 4.79 Å². The summed E-state index contributed by atoms with van der Waals surface area (Å²) < 4.78 is 6.09. The number of nitrogens with one attached hydrogen (secondary N) is 1. The van der Waals surface area contributed by atoms with Gasteiger partial charge < -0.3 is 35.4 Å². The fraction of sp³-hybridized carbons (Fsp3) is 0.628. The molecule has 1 fully saturated rings. The topological polar surface area (TPSA) is 164 Å². The smallest absolute Gasteiger partial charge is 0.251 e. The van der Waals surface area contributed by atoms with E-state index in [9.17, 15) is 30.0 Å². The first-order valence-electron chi connectivity index (χ1n) is 19.8. The van der Waals surface area contributed by atoms with Gasteiger partial charge in [0.15, 0.2) is 17.2 Å². The van der Waals surface area contributed by atoms with Crippen molar-refractivity contribution in [2.45, 2.75) is 137 Å². The van der Waals surface area contributed by atoms with Gasteiger partial charge in [-0.05, 0) is 91.5 Å². The zero-order valence-electron chi connectivity index (χ0n) is 33.9. The molecular formula is C43H62N4O7. The van der Waals surface area contributed by atoms with E-state index in [2.05, 4.69) is 24.2 Å². The van der Waals surface area contributed by atoms with Gasteiger partial charge in [-0.1, -0.05) is 45.9 Å². The average Bonchev–Trinajstić information content (AvgIpc) is 3.63. The summed E-state index contributed by atoms with van der Waals surface area (Å²) in [6.45, 7) is 17.3. The Morgan fingerprint density at radius 3 is 2.26 bits per heavy atom. The molecule has 0 saturated carbocycles. The molecule has 296 valence electrons. The highest BCUT2D eigenvalue weighted by Crippen LogP contribution is 2.45. The maximum atomic E-state index is 14.5. The Bertz CT molecular complexity index is 1960. The average molecular weight is 747 g/mol. The van der Waals surface area contributed by atoms with Crippen molar-refractivity contribution in [3.8, 4) is 17.2 Å². The number of Topliss-reactive ketones (excluding diaryl/α,β-unsaturated/α-hetero) is 1. The molecule has 2 aromatic carbocycles. The van der Waals surface area contributed by atoms with Gasteiger partial charge in [0, 0.05) is 47.4 Å². The molecule has 3 aliphatic heterocycles. The van der Waals surface area contributed by atoms with Crippen LogP contribution in [0.3, 0.4) is 0 Å². The summed E-state index contributed by atoms with van der Waals surface area (Å²) in [5.41, 5.74) is -0.116. The number of phenolic OH excluding ortho intramolecular Hbond substituents is 2. The first-order valence-corrected chi connectivity index (χ1v) is 19.8. The number of allylic oxidation sites excluding steroid dienone is 3. The number of ether oxygens (including phenoxy) is 1. The zero-order valence-corrected chi connectivity index (χ0v) is 33.9. The van der Waals surface area contributed by atoms with Gasteiger partial charge in [0.1, 0.15) is 22.5 Å². The molecule has 11 nitrogen and oxygen atoms in total. The lowest BCUT2D eigenvalue weighted by atomic mass is 9.80. The first-order chi connectivity index (χ1) is 25.4. The molecule has 3 heterocycles. The highest BCUT2D eigenvalue weighted by Gasteiger charge is 2.39. The normalized spacial score (nSPS) is 33.3. The van der Waals surface area contributed by atoms with Gasteiger partial charge in [-0.2, -0.15) is 0 Å². The maximum Gasteiger partial charge on any atom is 0.251 e. The maximum absolute atomic E-state index is 14.5. The highest BCUT2D eigenvalue weighted by atomic mass is 16.5. The van der Waals surface area contributed by atoms with Gasteiger partial charge in [0.05, 0.1) is 35.1 Å². The third-order valence-corrected chi connectivity index (χ3v) is 12.3. The fourth-order valence-corrected chi connectivity index (χ4v) is 8.80. The minimum Gasteiger partial charge on any atom is -0.507 e. The number of nitrogens with zero attached hydrogens (tertiary/aromatic N) is 3. The molecule has 5 rings (SSSR count). The second kappa shape index (κ2) is 16.5. The summed E-state index contributed by atoms with van der Waals surface area (Å²) in [5, 5.41) is 50.1. The number of carbonyl (C=O) groups excluding carboxylic acids is 2. The standard InChI is InChI=1S/C43H62N4O7/c1-11-54-41-28(8)39(51)33-32-31(41)30(48)17-13-15-23(3)37(49)27(7)38(50)25(5)20-22(2)14-12-16-24(4)42(53)44-36(40(33)52)35-34(32)45-43(9,46-35)21-29-19-18-26(6)47(29)10/h12,14,16,22-23,25-27,29,37-38,49-52H,11,13,15,17-21H2,1-10H3,(H,44,53)/b14-12+,24-16-/t22-,23+,25+,26?,27-,29?,37+,38+,43-/m0/s1. The first kappa shape index (κ1) is 41.4. The van der Waals surface area contributed by atoms with Crippen LogP contribution in [0.5, 0.6) is 17.2 Å². The van der Waals surface area contributed by atoms with Crippen LogP contribution in [0.4, 0.5) is 5.69 Å².